The Balaban J connectivity index is 1.54. The first-order valence-electron chi connectivity index (χ1n) is 8.68. The van der Waals surface area contributed by atoms with Gasteiger partial charge in [0.15, 0.2) is 0 Å². The lowest BCUT2D eigenvalue weighted by atomic mass is 10.2. The summed E-state index contributed by atoms with van der Waals surface area (Å²) in [5.41, 5.74) is 1.15. The summed E-state index contributed by atoms with van der Waals surface area (Å²) in [5.74, 6) is -0.354. The Bertz CT molecular complexity index is 1110. The summed E-state index contributed by atoms with van der Waals surface area (Å²) in [6.45, 7) is 0. The number of benzene rings is 2. The van der Waals surface area contributed by atoms with Gasteiger partial charge < -0.3 is 5.32 Å². The molecule has 1 heterocycles. The highest BCUT2D eigenvalue weighted by molar-refractivity contribution is 7.99. The lowest BCUT2D eigenvalue weighted by molar-refractivity contribution is -0.113. The van der Waals surface area contributed by atoms with Gasteiger partial charge >= 0.3 is 0 Å². The molecule has 6 nitrogen and oxygen atoms in total. The highest BCUT2D eigenvalue weighted by Gasteiger charge is 2.14. The highest BCUT2D eigenvalue weighted by Crippen LogP contribution is 2.24. The molecule has 1 amide bonds. The van der Waals surface area contributed by atoms with Crippen molar-refractivity contribution >= 4 is 50.7 Å². The summed E-state index contributed by atoms with van der Waals surface area (Å²) < 4.78 is 41.0. The van der Waals surface area contributed by atoms with Gasteiger partial charge in [-0.25, -0.2) is 12.8 Å². The third-order valence-electron chi connectivity index (χ3n) is 3.90. The van der Waals surface area contributed by atoms with Crippen molar-refractivity contribution < 1.29 is 17.6 Å². The molecule has 30 heavy (non-hydrogen) atoms. The molecule has 0 aliphatic heterocycles. The van der Waals surface area contributed by atoms with Crippen molar-refractivity contribution in [2.24, 2.45) is 0 Å². The van der Waals surface area contributed by atoms with Crippen LogP contribution in [0.3, 0.4) is 0 Å². The van der Waals surface area contributed by atoms with E-state index in [0.717, 1.165) is 0 Å². The summed E-state index contributed by atoms with van der Waals surface area (Å²) in [5, 5.41) is 2.99. The number of amides is 1. The molecule has 3 rings (SSSR count). The first kappa shape index (κ1) is 22.1. The van der Waals surface area contributed by atoms with Gasteiger partial charge in [0, 0.05) is 28.2 Å². The molecule has 0 unspecified atom stereocenters. The van der Waals surface area contributed by atoms with Gasteiger partial charge in [-0.05, 0) is 48.5 Å². The van der Waals surface area contributed by atoms with Crippen LogP contribution >= 0.6 is 23.4 Å². The number of halogens is 2. The molecule has 2 aromatic carbocycles. The second-order valence-electron chi connectivity index (χ2n) is 6.11. The number of aromatic nitrogens is 1. The fourth-order valence-electron chi connectivity index (χ4n) is 2.47. The quantitative estimate of drug-likeness (QED) is 0.509. The zero-order valence-electron chi connectivity index (χ0n) is 15.5. The number of pyridine rings is 1. The number of sulfonamides is 1. The standard InChI is InChI=1S/C20H17ClFN3O3S2/c21-18-4-1-5-19(22)17(18)12-29-13-20(26)24-14-6-8-16(9-7-14)30(27,28)25-15-3-2-10-23-11-15/h1-11,25H,12-13H2,(H,24,26). The van der Waals surface area contributed by atoms with Gasteiger partial charge in [0.05, 0.1) is 22.5 Å². The zero-order valence-corrected chi connectivity index (χ0v) is 17.9. The molecule has 0 aliphatic rings. The predicted molar refractivity (Wildman–Crippen MR) is 118 cm³/mol. The van der Waals surface area contributed by atoms with Crippen molar-refractivity contribution in [1.29, 1.82) is 0 Å². The molecule has 0 fully saturated rings. The maximum atomic E-state index is 13.7. The average Bonchev–Trinajstić information content (AvgIpc) is 2.71. The number of thioether (sulfide) groups is 1. The van der Waals surface area contributed by atoms with Crippen molar-refractivity contribution in [3.05, 3.63) is 83.4 Å². The Hall–Kier alpha value is -2.62. The Kier molecular flexibility index (Phi) is 7.30. The van der Waals surface area contributed by atoms with Crippen LogP contribution in [0, 0.1) is 5.82 Å². The summed E-state index contributed by atoms with van der Waals surface area (Å²) in [6, 6.07) is 13.4. The lowest BCUT2D eigenvalue weighted by Gasteiger charge is -2.09. The largest absolute Gasteiger partial charge is 0.325 e. The predicted octanol–water partition coefficient (Wildman–Crippen LogP) is 4.55. The number of anilines is 2. The Morgan fingerprint density at radius 3 is 2.50 bits per heavy atom. The number of nitrogens with one attached hydrogen (secondary N) is 2. The molecule has 0 radical (unpaired) electrons. The smallest absolute Gasteiger partial charge is 0.261 e. The third kappa shape index (κ3) is 5.94. The van der Waals surface area contributed by atoms with Crippen molar-refractivity contribution in [1.82, 2.24) is 4.98 Å². The van der Waals surface area contributed by atoms with Crippen LogP contribution in [0.5, 0.6) is 0 Å². The van der Waals surface area contributed by atoms with Gasteiger partial charge in [-0.15, -0.1) is 11.8 Å². The lowest BCUT2D eigenvalue weighted by Crippen LogP contribution is -2.15. The average molecular weight is 466 g/mol. The summed E-state index contributed by atoms with van der Waals surface area (Å²) >= 11 is 7.19. The summed E-state index contributed by atoms with van der Waals surface area (Å²) in [7, 11) is -3.77. The van der Waals surface area contributed by atoms with Crippen LogP contribution in [0.25, 0.3) is 0 Å². The van der Waals surface area contributed by atoms with Crippen molar-refractivity contribution in [3.63, 3.8) is 0 Å². The monoisotopic (exact) mass is 465 g/mol. The molecule has 0 aliphatic carbocycles. The van der Waals surface area contributed by atoms with E-state index >= 15 is 0 Å². The summed E-state index contributed by atoms with van der Waals surface area (Å²) in [4.78, 5) is 16.0. The maximum absolute atomic E-state index is 13.7. The van der Waals surface area contributed by atoms with Gasteiger partial charge in [0.1, 0.15) is 5.82 Å². The zero-order chi connectivity index (χ0) is 21.6. The number of nitrogens with zero attached hydrogens (tertiary/aromatic N) is 1. The molecule has 0 saturated carbocycles. The molecule has 2 N–H and O–H groups in total. The molecule has 0 spiro atoms. The fraction of sp³-hybridized carbons (Fsp3) is 0.100. The maximum Gasteiger partial charge on any atom is 0.261 e. The van der Waals surface area contributed by atoms with E-state index in [1.54, 1.807) is 24.4 Å². The second-order valence-corrected chi connectivity index (χ2v) is 9.19. The number of hydrogen-bond acceptors (Lipinski definition) is 5. The van der Waals surface area contributed by atoms with Gasteiger partial charge in [0.2, 0.25) is 5.91 Å². The van der Waals surface area contributed by atoms with E-state index in [4.69, 9.17) is 11.6 Å². The number of hydrogen-bond donors (Lipinski definition) is 2. The minimum Gasteiger partial charge on any atom is -0.325 e. The molecule has 156 valence electrons. The second kappa shape index (κ2) is 9.92. The molecule has 1 aromatic heterocycles. The number of carbonyl (C=O) groups excluding carboxylic acids is 1. The SMILES string of the molecule is O=C(CSCc1c(F)cccc1Cl)Nc1ccc(S(=O)(=O)Nc2cccnc2)cc1. The van der Waals surface area contributed by atoms with E-state index in [9.17, 15) is 17.6 Å². The van der Waals surface area contributed by atoms with Crippen LogP contribution in [-0.2, 0) is 20.6 Å². The van der Waals surface area contributed by atoms with E-state index in [1.165, 1.54) is 54.4 Å². The van der Waals surface area contributed by atoms with E-state index < -0.39 is 15.8 Å². The van der Waals surface area contributed by atoms with Crippen LogP contribution < -0.4 is 10.0 Å². The molecule has 0 atom stereocenters. The number of carbonyl (C=O) groups is 1. The number of rotatable bonds is 8. The van der Waals surface area contributed by atoms with Gasteiger partial charge in [-0.3, -0.25) is 14.5 Å². The van der Waals surface area contributed by atoms with E-state index in [1.807, 2.05) is 0 Å². The van der Waals surface area contributed by atoms with Gasteiger partial charge in [-0.2, -0.15) is 0 Å². The van der Waals surface area contributed by atoms with Crippen molar-refractivity contribution in [2.45, 2.75) is 10.6 Å². The van der Waals surface area contributed by atoms with Crippen LogP contribution in [-0.4, -0.2) is 25.1 Å². The highest BCUT2D eigenvalue weighted by atomic mass is 35.5. The Morgan fingerprint density at radius 1 is 1.07 bits per heavy atom. The normalized spacial score (nSPS) is 11.1. The molecule has 0 bridgehead atoms. The van der Waals surface area contributed by atoms with Crippen molar-refractivity contribution in [3.8, 4) is 0 Å². The minimum atomic E-state index is -3.77. The van der Waals surface area contributed by atoms with Gasteiger partial charge in [0.25, 0.3) is 10.0 Å². The Morgan fingerprint density at radius 2 is 1.83 bits per heavy atom. The first-order valence-corrected chi connectivity index (χ1v) is 11.7. The van der Waals surface area contributed by atoms with E-state index in [2.05, 4.69) is 15.0 Å². The molecule has 10 heteroatoms. The van der Waals surface area contributed by atoms with Gasteiger partial charge in [-0.1, -0.05) is 17.7 Å². The molecular weight excluding hydrogens is 449 g/mol. The molecule has 0 saturated heterocycles. The third-order valence-corrected chi connectivity index (χ3v) is 6.61. The van der Waals surface area contributed by atoms with Crippen LogP contribution in [0.2, 0.25) is 5.02 Å². The molecule has 3 aromatic rings. The van der Waals surface area contributed by atoms with Crippen molar-refractivity contribution in [2.75, 3.05) is 15.8 Å². The van der Waals surface area contributed by atoms with E-state index in [-0.39, 0.29) is 22.3 Å². The van der Waals surface area contributed by atoms with E-state index in [0.29, 0.717) is 22.0 Å². The fourth-order valence-corrected chi connectivity index (χ4v) is 4.68. The minimum absolute atomic E-state index is 0.0490. The Labute approximate surface area is 182 Å². The topological polar surface area (TPSA) is 88.2 Å². The van der Waals surface area contributed by atoms with Crippen LogP contribution in [0.15, 0.2) is 71.9 Å². The first-order chi connectivity index (χ1) is 14.3. The van der Waals surface area contributed by atoms with Crippen LogP contribution in [0.4, 0.5) is 15.8 Å². The molecular formula is C20H17ClFN3O3S2. The summed E-state index contributed by atoms with van der Waals surface area (Å²) in [6.07, 6.45) is 2.94. The van der Waals surface area contributed by atoms with Crippen LogP contribution in [0.1, 0.15) is 5.56 Å².